The highest BCUT2D eigenvalue weighted by molar-refractivity contribution is 6.01. The van der Waals surface area contributed by atoms with Crippen molar-refractivity contribution in [3.8, 4) is 44.9 Å². The number of para-hydroxylation sites is 1. The molecule has 0 fully saturated rings. The maximum Gasteiger partial charge on any atom is 0.131 e. The Balaban J connectivity index is 1.06. The molecule has 10 aromatic carbocycles. The highest BCUT2D eigenvalue weighted by atomic mass is 16.5. The third-order valence-electron chi connectivity index (χ3n) is 15.6. The van der Waals surface area contributed by atoms with Gasteiger partial charge in [0.15, 0.2) is 0 Å². The van der Waals surface area contributed by atoms with E-state index in [1.807, 2.05) is 0 Å². The van der Waals surface area contributed by atoms with Crippen LogP contribution >= 0.6 is 0 Å². The molecule has 10 aromatic rings. The van der Waals surface area contributed by atoms with Crippen LogP contribution in [0.15, 0.2) is 237 Å². The second-order valence-corrected chi connectivity index (χ2v) is 19.1. The van der Waals surface area contributed by atoms with Crippen LogP contribution in [0.4, 0.5) is 17.1 Å². The van der Waals surface area contributed by atoms with Crippen molar-refractivity contribution >= 4 is 17.1 Å². The summed E-state index contributed by atoms with van der Waals surface area (Å²) in [6.45, 7) is 4.66. The smallest absolute Gasteiger partial charge is 0.131 e. The van der Waals surface area contributed by atoms with Gasteiger partial charge in [-0.05, 0) is 115 Å². The molecule has 0 saturated heterocycles. The Hall–Kier alpha value is -8.20. The Morgan fingerprint density at radius 1 is 0.313 bits per heavy atom. The molecule has 0 unspecified atom stereocenters. The van der Waals surface area contributed by atoms with E-state index in [0.29, 0.717) is 0 Å². The summed E-state index contributed by atoms with van der Waals surface area (Å²) in [5.41, 5.74) is 22.3. The molecule has 2 heteroatoms. The van der Waals surface area contributed by atoms with Gasteiger partial charge >= 0.3 is 0 Å². The van der Waals surface area contributed by atoms with Crippen molar-refractivity contribution in [3.05, 3.63) is 292 Å². The average molecular weight is 856 g/mol. The molecular formula is C65H45NO. The van der Waals surface area contributed by atoms with E-state index in [9.17, 15) is 0 Å². The molecule has 0 bridgehead atoms. The van der Waals surface area contributed by atoms with E-state index in [1.54, 1.807) is 0 Å². The van der Waals surface area contributed by atoms with E-state index in [4.69, 9.17) is 4.74 Å². The van der Waals surface area contributed by atoms with E-state index < -0.39 is 10.8 Å². The molecule has 4 aliphatic rings. The van der Waals surface area contributed by atoms with E-state index >= 15 is 0 Å². The summed E-state index contributed by atoms with van der Waals surface area (Å²) in [7, 11) is 0. The van der Waals surface area contributed by atoms with E-state index in [1.165, 1.54) is 83.5 Å². The van der Waals surface area contributed by atoms with Crippen molar-refractivity contribution in [1.29, 1.82) is 0 Å². The van der Waals surface area contributed by atoms with Crippen molar-refractivity contribution < 1.29 is 4.74 Å². The molecule has 1 spiro atoms. The second kappa shape index (κ2) is 13.9. The maximum absolute atomic E-state index is 6.71. The molecule has 316 valence electrons. The van der Waals surface area contributed by atoms with Crippen LogP contribution in [0.25, 0.3) is 33.4 Å². The fraction of sp³-hybridized carbons (Fsp3) is 0.0769. The lowest BCUT2D eigenvalue weighted by Crippen LogP contribution is -2.29. The summed E-state index contributed by atoms with van der Waals surface area (Å²) in [5.74, 6) is 1.81. The molecule has 3 aliphatic carbocycles. The third-order valence-corrected chi connectivity index (χ3v) is 15.6. The Bertz CT molecular complexity index is 3580. The van der Waals surface area contributed by atoms with Crippen molar-refractivity contribution in [2.24, 2.45) is 0 Å². The highest BCUT2D eigenvalue weighted by Crippen LogP contribution is 2.65. The first kappa shape index (κ1) is 38.1. The molecule has 1 aliphatic heterocycles. The molecule has 0 radical (unpaired) electrons. The van der Waals surface area contributed by atoms with Gasteiger partial charge in [0.2, 0.25) is 0 Å². The Kier molecular flexibility index (Phi) is 7.91. The third kappa shape index (κ3) is 4.94. The van der Waals surface area contributed by atoms with Gasteiger partial charge in [-0.2, -0.15) is 0 Å². The second-order valence-electron chi connectivity index (χ2n) is 19.1. The van der Waals surface area contributed by atoms with Gasteiger partial charge in [-0.3, -0.25) is 0 Å². The first-order valence-electron chi connectivity index (χ1n) is 23.5. The van der Waals surface area contributed by atoms with Gasteiger partial charge in [0.25, 0.3) is 0 Å². The number of fused-ring (bicyclic) bond motifs is 15. The molecule has 0 amide bonds. The first-order valence-corrected chi connectivity index (χ1v) is 23.5. The summed E-state index contributed by atoms with van der Waals surface area (Å²) < 4.78 is 6.71. The van der Waals surface area contributed by atoms with Crippen LogP contribution in [0.5, 0.6) is 11.5 Å². The predicted molar refractivity (Wildman–Crippen MR) is 273 cm³/mol. The SMILES string of the molecule is CC1(C)c2ccccc2Oc2ccc(N(c3cccc(C4(c5ccccc5)c5ccccc5-c5ccccc54)c3)c3cccc4c3-c3ccccc3C43c4ccccc4-c4ccccc43)cc21. The minimum absolute atomic E-state index is 0.311. The fourth-order valence-corrected chi connectivity index (χ4v) is 12.9. The molecule has 0 N–H and O–H groups in total. The van der Waals surface area contributed by atoms with Crippen LogP contribution in [-0.4, -0.2) is 0 Å². The number of rotatable bonds is 5. The van der Waals surface area contributed by atoms with Crippen LogP contribution in [0.2, 0.25) is 0 Å². The Labute approximate surface area is 392 Å². The van der Waals surface area contributed by atoms with Gasteiger partial charge in [0.05, 0.1) is 16.5 Å². The van der Waals surface area contributed by atoms with Crippen LogP contribution in [0.3, 0.4) is 0 Å². The molecule has 2 nitrogen and oxygen atoms in total. The summed E-state index contributed by atoms with van der Waals surface area (Å²) in [5, 5.41) is 0. The molecule has 0 aromatic heterocycles. The van der Waals surface area contributed by atoms with E-state index in [0.717, 1.165) is 34.1 Å². The van der Waals surface area contributed by atoms with Crippen LogP contribution in [0.1, 0.15) is 69.5 Å². The Morgan fingerprint density at radius 2 is 0.761 bits per heavy atom. The minimum Gasteiger partial charge on any atom is -0.457 e. The van der Waals surface area contributed by atoms with Gasteiger partial charge in [-0.1, -0.05) is 208 Å². The van der Waals surface area contributed by atoms with Crippen molar-refractivity contribution in [2.45, 2.75) is 30.1 Å². The predicted octanol–water partition coefficient (Wildman–Crippen LogP) is 16.3. The lowest BCUT2D eigenvalue weighted by Gasteiger charge is -2.37. The average Bonchev–Trinajstić information content (AvgIpc) is 3.98. The van der Waals surface area contributed by atoms with Gasteiger partial charge in [-0.15, -0.1) is 0 Å². The molecule has 1 heterocycles. The number of ether oxygens (including phenoxy) is 1. The van der Waals surface area contributed by atoms with Gasteiger partial charge in [0.1, 0.15) is 11.5 Å². The normalized spacial score (nSPS) is 15.2. The number of anilines is 3. The zero-order chi connectivity index (χ0) is 44.5. The summed E-state index contributed by atoms with van der Waals surface area (Å²) >= 11 is 0. The summed E-state index contributed by atoms with van der Waals surface area (Å²) in [4.78, 5) is 2.53. The van der Waals surface area contributed by atoms with Crippen molar-refractivity contribution in [1.82, 2.24) is 0 Å². The number of benzene rings is 10. The Morgan fingerprint density at radius 3 is 1.39 bits per heavy atom. The van der Waals surface area contributed by atoms with Crippen molar-refractivity contribution in [3.63, 3.8) is 0 Å². The maximum atomic E-state index is 6.71. The van der Waals surface area contributed by atoms with Crippen LogP contribution in [0, 0.1) is 0 Å². The molecule has 0 saturated carbocycles. The zero-order valence-electron chi connectivity index (χ0n) is 37.4. The summed E-state index contributed by atoms with van der Waals surface area (Å²) in [6.07, 6.45) is 0. The number of hydrogen-bond acceptors (Lipinski definition) is 2. The quantitative estimate of drug-likeness (QED) is 0.171. The van der Waals surface area contributed by atoms with Crippen LogP contribution < -0.4 is 9.64 Å². The van der Waals surface area contributed by atoms with E-state index in [-0.39, 0.29) is 5.41 Å². The largest absolute Gasteiger partial charge is 0.457 e. The first-order chi connectivity index (χ1) is 33.0. The molecule has 67 heavy (non-hydrogen) atoms. The molecule has 0 atom stereocenters. The minimum atomic E-state index is -0.557. The topological polar surface area (TPSA) is 12.5 Å². The lowest BCUT2D eigenvalue weighted by molar-refractivity contribution is 0.418. The lowest BCUT2D eigenvalue weighted by atomic mass is 9.67. The zero-order valence-corrected chi connectivity index (χ0v) is 37.4. The highest BCUT2D eigenvalue weighted by Gasteiger charge is 2.53. The van der Waals surface area contributed by atoms with E-state index in [2.05, 4.69) is 255 Å². The number of nitrogens with zero attached hydrogens (tertiary/aromatic N) is 1. The summed E-state index contributed by atoms with van der Waals surface area (Å²) in [6, 6.07) is 88.2. The standard InChI is InChI=1S/C65H45NO/c1-63(2)56-34-16-17-37-60(56)67-61-39-38-45(41-58(61)63)66(44-23-18-22-43(40-44)64(42-20-4-3-5-21-42)51-29-11-6-24-46(51)47-25-7-12-30-52(47)64)59-36-19-35-57-62(59)50-28-10-15-33-55(50)65(57)53-31-13-8-26-48(53)49-27-9-14-32-54(49)65/h3-41H,1-2H3. The monoisotopic (exact) mass is 855 g/mol. The fourth-order valence-electron chi connectivity index (χ4n) is 12.9. The van der Waals surface area contributed by atoms with Gasteiger partial charge < -0.3 is 9.64 Å². The number of hydrogen-bond donors (Lipinski definition) is 0. The van der Waals surface area contributed by atoms with Crippen LogP contribution in [-0.2, 0) is 16.2 Å². The molecule has 14 rings (SSSR count). The van der Waals surface area contributed by atoms with Crippen molar-refractivity contribution in [2.75, 3.05) is 4.90 Å². The van der Waals surface area contributed by atoms with Gasteiger partial charge in [-0.25, -0.2) is 0 Å². The van der Waals surface area contributed by atoms with Gasteiger partial charge in [0, 0.05) is 33.5 Å². The molecular weight excluding hydrogens is 811 g/mol.